The SMILES string of the molecule is Cc1nc(N2CCN(C(=O)Cc3cccc(C(F)(F)F)c3)CC2)cc(-n2cnc(C)c2C)n1. The summed E-state index contributed by atoms with van der Waals surface area (Å²) in [6, 6.07) is 6.84. The van der Waals surface area contributed by atoms with Crippen LogP contribution in [0.25, 0.3) is 5.82 Å². The Morgan fingerprint density at radius 1 is 1.00 bits per heavy atom. The van der Waals surface area contributed by atoms with Crippen molar-refractivity contribution < 1.29 is 18.0 Å². The molecule has 1 aliphatic rings. The Hall–Kier alpha value is -3.43. The minimum absolute atomic E-state index is 0.0556. The van der Waals surface area contributed by atoms with E-state index in [0.29, 0.717) is 37.6 Å². The molecule has 0 aliphatic carbocycles. The summed E-state index contributed by atoms with van der Waals surface area (Å²) in [5, 5.41) is 0. The molecule has 0 spiro atoms. The Morgan fingerprint density at radius 3 is 2.33 bits per heavy atom. The number of amides is 1. The first kappa shape index (κ1) is 22.8. The number of anilines is 1. The smallest absolute Gasteiger partial charge is 0.353 e. The van der Waals surface area contributed by atoms with Gasteiger partial charge in [-0.2, -0.15) is 13.2 Å². The van der Waals surface area contributed by atoms with Crippen molar-refractivity contribution in [3.8, 4) is 5.82 Å². The van der Waals surface area contributed by atoms with Crippen molar-refractivity contribution in [3.05, 3.63) is 65.0 Å². The number of imidazole rings is 1. The average Bonchev–Trinajstić information content (AvgIpc) is 3.11. The fourth-order valence-electron chi connectivity index (χ4n) is 3.88. The molecular formula is C23H25F3N6O. The van der Waals surface area contributed by atoms with Crippen LogP contribution in [0, 0.1) is 20.8 Å². The maximum absolute atomic E-state index is 12.9. The predicted molar refractivity (Wildman–Crippen MR) is 117 cm³/mol. The van der Waals surface area contributed by atoms with Crippen LogP contribution >= 0.6 is 0 Å². The highest BCUT2D eigenvalue weighted by molar-refractivity contribution is 5.79. The minimum atomic E-state index is -4.42. The van der Waals surface area contributed by atoms with Crippen LogP contribution in [-0.2, 0) is 17.4 Å². The van der Waals surface area contributed by atoms with E-state index in [-0.39, 0.29) is 12.3 Å². The molecule has 0 saturated carbocycles. The molecule has 0 N–H and O–H groups in total. The first-order chi connectivity index (χ1) is 15.6. The van der Waals surface area contributed by atoms with Gasteiger partial charge in [0.25, 0.3) is 0 Å². The van der Waals surface area contributed by atoms with E-state index in [1.165, 1.54) is 6.07 Å². The summed E-state index contributed by atoms with van der Waals surface area (Å²) in [4.78, 5) is 29.9. The van der Waals surface area contributed by atoms with Gasteiger partial charge in [-0.15, -0.1) is 0 Å². The number of nitrogens with zero attached hydrogens (tertiary/aromatic N) is 6. The predicted octanol–water partition coefficient (Wildman–Crippen LogP) is 3.50. The second kappa shape index (κ2) is 8.84. The molecule has 7 nitrogen and oxygen atoms in total. The number of aryl methyl sites for hydroxylation is 2. The topological polar surface area (TPSA) is 67.2 Å². The molecule has 1 fully saturated rings. The number of rotatable bonds is 4. The van der Waals surface area contributed by atoms with E-state index >= 15 is 0 Å². The Labute approximate surface area is 189 Å². The molecule has 2 aromatic heterocycles. The van der Waals surface area contributed by atoms with E-state index < -0.39 is 11.7 Å². The minimum Gasteiger partial charge on any atom is -0.353 e. The Bertz CT molecular complexity index is 1170. The molecule has 174 valence electrons. The van der Waals surface area contributed by atoms with Gasteiger partial charge in [-0.25, -0.2) is 15.0 Å². The Balaban J connectivity index is 1.42. The van der Waals surface area contributed by atoms with Crippen LogP contribution < -0.4 is 4.90 Å². The monoisotopic (exact) mass is 458 g/mol. The van der Waals surface area contributed by atoms with Crippen molar-refractivity contribution in [1.29, 1.82) is 0 Å². The van der Waals surface area contributed by atoms with Crippen molar-refractivity contribution in [2.75, 3.05) is 31.1 Å². The van der Waals surface area contributed by atoms with Crippen LogP contribution in [0.4, 0.5) is 19.0 Å². The summed E-state index contributed by atoms with van der Waals surface area (Å²) in [5.41, 5.74) is 1.56. The number of benzene rings is 1. The lowest BCUT2D eigenvalue weighted by Crippen LogP contribution is -2.49. The van der Waals surface area contributed by atoms with Gasteiger partial charge in [0.05, 0.1) is 17.7 Å². The highest BCUT2D eigenvalue weighted by Gasteiger charge is 2.31. The molecule has 3 heterocycles. The molecule has 1 aliphatic heterocycles. The van der Waals surface area contributed by atoms with Crippen LogP contribution in [-0.4, -0.2) is 56.5 Å². The zero-order chi connectivity index (χ0) is 23.8. The van der Waals surface area contributed by atoms with E-state index in [2.05, 4.69) is 19.9 Å². The summed E-state index contributed by atoms with van der Waals surface area (Å²) in [5.74, 6) is 1.96. The van der Waals surface area contributed by atoms with Gasteiger partial charge in [0.15, 0.2) is 0 Å². The molecular weight excluding hydrogens is 433 g/mol. The maximum Gasteiger partial charge on any atom is 0.416 e. The fourth-order valence-corrected chi connectivity index (χ4v) is 3.88. The van der Waals surface area contributed by atoms with Crippen molar-refractivity contribution in [1.82, 2.24) is 24.4 Å². The molecule has 0 radical (unpaired) electrons. The zero-order valence-corrected chi connectivity index (χ0v) is 18.7. The van der Waals surface area contributed by atoms with E-state index in [1.807, 2.05) is 31.4 Å². The highest BCUT2D eigenvalue weighted by Crippen LogP contribution is 2.29. The number of carbonyl (C=O) groups is 1. The molecule has 1 saturated heterocycles. The van der Waals surface area contributed by atoms with Crippen molar-refractivity contribution >= 4 is 11.7 Å². The van der Waals surface area contributed by atoms with Gasteiger partial charge < -0.3 is 9.80 Å². The molecule has 3 aromatic rings. The van der Waals surface area contributed by atoms with Crippen LogP contribution in [0.15, 0.2) is 36.7 Å². The average molecular weight is 458 g/mol. The van der Waals surface area contributed by atoms with Crippen LogP contribution in [0.3, 0.4) is 0 Å². The van der Waals surface area contributed by atoms with Crippen molar-refractivity contribution in [3.63, 3.8) is 0 Å². The zero-order valence-electron chi connectivity index (χ0n) is 18.7. The van der Waals surface area contributed by atoms with Crippen molar-refractivity contribution in [2.45, 2.75) is 33.4 Å². The van der Waals surface area contributed by atoms with Gasteiger partial charge in [0.2, 0.25) is 5.91 Å². The lowest BCUT2D eigenvalue weighted by atomic mass is 10.1. The van der Waals surface area contributed by atoms with Gasteiger partial charge in [-0.1, -0.05) is 18.2 Å². The van der Waals surface area contributed by atoms with Gasteiger partial charge in [0, 0.05) is 37.9 Å². The lowest BCUT2D eigenvalue weighted by molar-refractivity contribution is -0.138. The van der Waals surface area contributed by atoms with Gasteiger partial charge in [-0.3, -0.25) is 9.36 Å². The molecule has 33 heavy (non-hydrogen) atoms. The van der Waals surface area contributed by atoms with E-state index in [9.17, 15) is 18.0 Å². The number of carbonyl (C=O) groups excluding carboxylic acids is 1. The molecule has 1 amide bonds. The standard InChI is InChI=1S/C23H25F3N6O/c1-15-16(2)32(14-27-15)21-13-20(28-17(3)29-21)30-7-9-31(10-8-30)22(33)12-18-5-4-6-19(11-18)23(24,25)26/h4-6,11,13-14H,7-10,12H2,1-3H3. The maximum atomic E-state index is 12.9. The molecule has 0 bridgehead atoms. The van der Waals surface area contributed by atoms with E-state index in [1.54, 1.807) is 17.3 Å². The second-order valence-corrected chi connectivity index (χ2v) is 8.16. The number of hydrogen-bond acceptors (Lipinski definition) is 5. The van der Waals surface area contributed by atoms with Gasteiger partial charge in [-0.05, 0) is 32.4 Å². The first-order valence-corrected chi connectivity index (χ1v) is 10.7. The molecule has 0 unspecified atom stereocenters. The third-order valence-corrected chi connectivity index (χ3v) is 5.88. The largest absolute Gasteiger partial charge is 0.416 e. The number of halogens is 3. The number of piperazine rings is 1. The Morgan fingerprint density at radius 2 is 1.70 bits per heavy atom. The summed E-state index contributed by atoms with van der Waals surface area (Å²) >= 11 is 0. The number of aromatic nitrogens is 4. The third-order valence-electron chi connectivity index (χ3n) is 5.88. The second-order valence-electron chi connectivity index (χ2n) is 8.16. The van der Waals surface area contributed by atoms with E-state index in [4.69, 9.17) is 0 Å². The molecule has 0 atom stereocenters. The Kier molecular flexibility index (Phi) is 6.09. The quantitative estimate of drug-likeness (QED) is 0.599. The van der Waals surface area contributed by atoms with E-state index in [0.717, 1.165) is 35.2 Å². The summed E-state index contributed by atoms with van der Waals surface area (Å²) < 4.78 is 40.7. The molecule has 4 rings (SSSR count). The normalized spacial score (nSPS) is 14.6. The first-order valence-electron chi connectivity index (χ1n) is 10.7. The van der Waals surface area contributed by atoms with Crippen LogP contribution in [0.5, 0.6) is 0 Å². The summed E-state index contributed by atoms with van der Waals surface area (Å²) in [7, 11) is 0. The fraction of sp³-hybridized carbons (Fsp3) is 0.391. The van der Waals surface area contributed by atoms with Crippen LogP contribution in [0.2, 0.25) is 0 Å². The summed E-state index contributed by atoms with van der Waals surface area (Å²) in [6.07, 6.45) is -2.74. The van der Waals surface area contributed by atoms with Crippen molar-refractivity contribution in [2.24, 2.45) is 0 Å². The van der Waals surface area contributed by atoms with Gasteiger partial charge in [0.1, 0.15) is 23.8 Å². The summed E-state index contributed by atoms with van der Waals surface area (Å²) in [6.45, 7) is 7.85. The molecule has 10 heteroatoms. The number of alkyl halides is 3. The lowest BCUT2D eigenvalue weighted by Gasteiger charge is -2.35. The number of hydrogen-bond donors (Lipinski definition) is 0. The van der Waals surface area contributed by atoms with Crippen LogP contribution in [0.1, 0.15) is 28.3 Å². The third kappa shape index (κ3) is 4.99. The highest BCUT2D eigenvalue weighted by atomic mass is 19.4. The molecule has 1 aromatic carbocycles. The van der Waals surface area contributed by atoms with Gasteiger partial charge >= 0.3 is 6.18 Å².